The number of piperazine rings is 1. The number of benzene rings is 1. The van der Waals surface area contributed by atoms with Crippen molar-refractivity contribution in [3.63, 3.8) is 0 Å². The van der Waals surface area contributed by atoms with E-state index in [1.54, 1.807) is 12.1 Å². The molecule has 1 fully saturated rings. The Kier molecular flexibility index (Phi) is 3.88. The van der Waals surface area contributed by atoms with E-state index in [4.69, 9.17) is 4.98 Å². The molecule has 2 aromatic rings. The van der Waals surface area contributed by atoms with Crippen molar-refractivity contribution < 1.29 is 4.39 Å². The SMILES string of the molecule is Cc1ccc(N2CCN(C)CC2)nc1-c1ccc(F)cc1. The first-order valence-electron chi connectivity index (χ1n) is 7.30. The highest BCUT2D eigenvalue weighted by Gasteiger charge is 2.16. The van der Waals surface area contributed by atoms with Gasteiger partial charge in [-0.3, -0.25) is 0 Å². The Hall–Kier alpha value is -1.94. The number of hydrogen-bond donors (Lipinski definition) is 0. The lowest BCUT2D eigenvalue weighted by atomic mass is 10.1. The number of aryl methyl sites for hydroxylation is 1. The minimum Gasteiger partial charge on any atom is -0.354 e. The molecule has 3 nitrogen and oxygen atoms in total. The second-order valence-electron chi connectivity index (χ2n) is 5.63. The molecule has 0 spiro atoms. The molecule has 0 atom stereocenters. The van der Waals surface area contributed by atoms with Gasteiger partial charge in [0.2, 0.25) is 0 Å². The molecule has 4 heteroatoms. The summed E-state index contributed by atoms with van der Waals surface area (Å²) in [6, 6.07) is 10.7. The van der Waals surface area contributed by atoms with Crippen LogP contribution >= 0.6 is 0 Å². The Morgan fingerprint density at radius 2 is 1.62 bits per heavy atom. The van der Waals surface area contributed by atoms with Crippen LogP contribution in [0.15, 0.2) is 36.4 Å². The maximum Gasteiger partial charge on any atom is 0.129 e. The molecule has 0 bridgehead atoms. The highest BCUT2D eigenvalue weighted by molar-refractivity contribution is 5.65. The summed E-state index contributed by atoms with van der Waals surface area (Å²) < 4.78 is 13.1. The van der Waals surface area contributed by atoms with Crippen LogP contribution in [-0.2, 0) is 0 Å². The largest absolute Gasteiger partial charge is 0.354 e. The quantitative estimate of drug-likeness (QED) is 0.845. The molecule has 0 aliphatic carbocycles. The van der Waals surface area contributed by atoms with E-state index in [0.717, 1.165) is 48.8 Å². The van der Waals surface area contributed by atoms with Gasteiger partial charge in [-0.15, -0.1) is 0 Å². The maximum absolute atomic E-state index is 13.1. The Bertz CT molecular complexity index is 616. The monoisotopic (exact) mass is 285 g/mol. The zero-order valence-electron chi connectivity index (χ0n) is 12.5. The minimum absolute atomic E-state index is 0.216. The molecule has 0 N–H and O–H groups in total. The van der Waals surface area contributed by atoms with Crippen LogP contribution in [0.3, 0.4) is 0 Å². The van der Waals surface area contributed by atoms with E-state index in [9.17, 15) is 4.39 Å². The summed E-state index contributed by atoms with van der Waals surface area (Å²) in [5, 5.41) is 0. The van der Waals surface area contributed by atoms with Crippen molar-refractivity contribution in [1.82, 2.24) is 9.88 Å². The van der Waals surface area contributed by atoms with E-state index in [1.165, 1.54) is 12.1 Å². The minimum atomic E-state index is -0.216. The highest BCUT2D eigenvalue weighted by atomic mass is 19.1. The van der Waals surface area contributed by atoms with Crippen LogP contribution in [0.25, 0.3) is 11.3 Å². The van der Waals surface area contributed by atoms with Crippen LogP contribution in [0, 0.1) is 12.7 Å². The molecular weight excluding hydrogens is 265 g/mol. The van der Waals surface area contributed by atoms with Gasteiger partial charge in [-0.2, -0.15) is 0 Å². The third kappa shape index (κ3) is 3.05. The molecule has 3 rings (SSSR count). The molecule has 0 radical (unpaired) electrons. The number of rotatable bonds is 2. The predicted molar refractivity (Wildman–Crippen MR) is 84.1 cm³/mol. The van der Waals surface area contributed by atoms with Crippen LogP contribution < -0.4 is 4.90 Å². The zero-order chi connectivity index (χ0) is 14.8. The third-order valence-corrected chi connectivity index (χ3v) is 4.03. The van der Waals surface area contributed by atoms with Gasteiger partial charge in [0.1, 0.15) is 11.6 Å². The first-order chi connectivity index (χ1) is 10.1. The van der Waals surface area contributed by atoms with Crippen molar-refractivity contribution in [2.45, 2.75) is 6.92 Å². The van der Waals surface area contributed by atoms with Gasteiger partial charge in [-0.05, 0) is 49.9 Å². The zero-order valence-corrected chi connectivity index (χ0v) is 12.5. The molecule has 21 heavy (non-hydrogen) atoms. The molecule has 1 aromatic carbocycles. The average molecular weight is 285 g/mol. The van der Waals surface area contributed by atoms with Gasteiger partial charge in [0.25, 0.3) is 0 Å². The first-order valence-corrected chi connectivity index (χ1v) is 7.30. The molecule has 1 saturated heterocycles. The van der Waals surface area contributed by atoms with Gasteiger partial charge in [0.05, 0.1) is 5.69 Å². The normalized spacial score (nSPS) is 16.2. The summed E-state index contributed by atoms with van der Waals surface area (Å²) in [6.07, 6.45) is 0. The number of likely N-dealkylation sites (N-methyl/N-ethyl adjacent to an activating group) is 1. The van der Waals surface area contributed by atoms with Gasteiger partial charge in [0.15, 0.2) is 0 Å². The van der Waals surface area contributed by atoms with Crippen molar-refractivity contribution in [1.29, 1.82) is 0 Å². The highest BCUT2D eigenvalue weighted by Crippen LogP contribution is 2.25. The van der Waals surface area contributed by atoms with E-state index in [0.29, 0.717) is 0 Å². The molecule has 110 valence electrons. The summed E-state index contributed by atoms with van der Waals surface area (Å²) >= 11 is 0. The second-order valence-corrected chi connectivity index (χ2v) is 5.63. The van der Waals surface area contributed by atoms with Crippen molar-refractivity contribution >= 4 is 5.82 Å². The van der Waals surface area contributed by atoms with Crippen molar-refractivity contribution in [2.24, 2.45) is 0 Å². The van der Waals surface area contributed by atoms with Gasteiger partial charge < -0.3 is 9.80 Å². The summed E-state index contributed by atoms with van der Waals surface area (Å²) in [4.78, 5) is 9.44. The van der Waals surface area contributed by atoms with Crippen molar-refractivity contribution in [3.05, 3.63) is 47.8 Å². The number of nitrogens with zero attached hydrogens (tertiary/aromatic N) is 3. The number of hydrogen-bond acceptors (Lipinski definition) is 3. The lowest BCUT2D eigenvalue weighted by Crippen LogP contribution is -2.44. The third-order valence-electron chi connectivity index (χ3n) is 4.03. The van der Waals surface area contributed by atoms with Gasteiger partial charge in [0, 0.05) is 31.7 Å². The molecule has 1 aliphatic rings. The fourth-order valence-corrected chi connectivity index (χ4v) is 2.63. The lowest BCUT2D eigenvalue weighted by molar-refractivity contribution is 0.312. The smallest absolute Gasteiger partial charge is 0.129 e. The summed E-state index contributed by atoms with van der Waals surface area (Å²) in [7, 11) is 2.14. The fraction of sp³-hybridized carbons (Fsp3) is 0.353. The molecule has 2 heterocycles. The van der Waals surface area contributed by atoms with E-state index in [2.05, 4.69) is 29.0 Å². The Morgan fingerprint density at radius 1 is 0.952 bits per heavy atom. The number of halogens is 1. The maximum atomic E-state index is 13.1. The van der Waals surface area contributed by atoms with E-state index >= 15 is 0 Å². The molecule has 0 saturated carbocycles. The van der Waals surface area contributed by atoms with Crippen molar-refractivity contribution in [3.8, 4) is 11.3 Å². The molecule has 0 unspecified atom stereocenters. The Morgan fingerprint density at radius 3 is 2.29 bits per heavy atom. The van der Waals surface area contributed by atoms with Gasteiger partial charge >= 0.3 is 0 Å². The molecule has 1 aromatic heterocycles. The van der Waals surface area contributed by atoms with Gasteiger partial charge in [-0.1, -0.05) is 6.07 Å². The molecule has 0 amide bonds. The van der Waals surface area contributed by atoms with E-state index < -0.39 is 0 Å². The number of pyridine rings is 1. The molecular formula is C17H20FN3. The standard InChI is InChI=1S/C17H20FN3/c1-13-3-8-16(21-11-9-20(2)10-12-21)19-17(13)14-4-6-15(18)7-5-14/h3-8H,9-12H2,1-2H3. The summed E-state index contributed by atoms with van der Waals surface area (Å²) in [6.45, 7) is 6.15. The topological polar surface area (TPSA) is 19.4 Å². The molecule has 1 aliphatic heterocycles. The summed E-state index contributed by atoms with van der Waals surface area (Å²) in [5.74, 6) is 0.791. The van der Waals surface area contributed by atoms with E-state index in [1.807, 2.05) is 6.92 Å². The van der Waals surface area contributed by atoms with E-state index in [-0.39, 0.29) is 5.82 Å². The van der Waals surface area contributed by atoms with Gasteiger partial charge in [-0.25, -0.2) is 9.37 Å². The number of anilines is 1. The summed E-state index contributed by atoms with van der Waals surface area (Å²) in [5.41, 5.74) is 3.01. The Balaban J connectivity index is 1.91. The first kappa shape index (κ1) is 14.0. The van der Waals surface area contributed by atoms with Crippen LogP contribution in [0.4, 0.5) is 10.2 Å². The predicted octanol–water partition coefficient (Wildman–Crippen LogP) is 2.95. The number of aromatic nitrogens is 1. The second kappa shape index (κ2) is 5.82. The Labute approximate surface area is 125 Å². The van der Waals surface area contributed by atoms with Crippen molar-refractivity contribution in [2.75, 3.05) is 38.1 Å². The fourth-order valence-electron chi connectivity index (χ4n) is 2.63. The lowest BCUT2D eigenvalue weighted by Gasteiger charge is -2.33. The van der Waals surface area contributed by atoms with Crippen LogP contribution in [0.1, 0.15) is 5.56 Å². The van der Waals surface area contributed by atoms with Crippen LogP contribution in [0.5, 0.6) is 0 Å². The van der Waals surface area contributed by atoms with Crippen LogP contribution in [-0.4, -0.2) is 43.1 Å². The van der Waals surface area contributed by atoms with Crippen LogP contribution in [0.2, 0.25) is 0 Å². The average Bonchev–Trinajstić information content (AvgIpc) is 2.50.